The molecule has 1 aromatic heterocycles. The molecule has 0 bridgehead atoms. The maximum absolute atomic E-state index is 11.3. The second-order valence-electron chi connectivity index (χ2n) is 3.85. The van der Waals surface area contributed by atoms with E-state index in [-0.39, 0.29) is 0 Å². The van der Waals surface area contributed by atoms with Gasteiger partial charge in [0.15, 0.2) is 11.9 Å². The predicted octanol–water partition coefficient (Wildman–Crippen LogP) is 1.52. The van der Waals surface area contributed by atoms with Gasteiger partial charge in [-0.05, 0) is 23.8 Å². The van der Waals surface area contributed by atoms with E-state index in [2.05, 4.69) is 4.98 Å². The van der Waals surface area contributed by atoms with Crippen LogP contribution in [-0.2, 0) is 10.4 Å². The molecule has 0 spiro atoms. The van der Waals surface area contributed by atoms with Gasteiger partial charge in [0.2, 0.25) is 0 Å². The smallest absolute Gasteiger partial charge is 0.171 e. The molecule has 2 rings (SSSR count). The molecular formula is C14H13NO3. The third-order valence-corrected chi connectivity index (χ3v) is 2.80. The van der Waals surface area contributed by atoms with Gasteiger partial charge in [-0.25, -0.2) is 0 Å². The first-order valence-electron chi connectivity index (χ1n) is 5.44. The van der Waals surface area contributed by atoms with E-state index in [0.717, 1.165) is 0 Å². The van der Waals surface area contributed by atoms with Crippen molar-refractivity contribution in [2.24, 2.45) is 0 Å². The molecule has 1 unspecified atom stereocenters. The van der Waals surface area contributed by atoms with Crippen molar-refractivity contribution in [3.05, 3.63) is 59.9 Å². The Hall–Kier alpha value is -2.20. The monoisotopic (exact) mass is 243 g/mol. The van der Waals surface area contributed by atoms with E-state index < -0.39 is 5.60 Å². The summed E-state index contributed by atoms with van der Waals surface area (Å²) in [6, 6.07) is 10.0. The normalized spacial score (nSPS) is 13.7. The molecule has 2 aromatic rings. The number of carbonyl (C=O) groups is 1. The zero-order valence-electron chi connectivity index (χ0n) is 9.91. The van der Waals surface area contributed by atoms with Crippen LogP contribution in [0.15, 0.2) is 48.8 Å². The van der Waals surface area contributed by atoms with Gasteiger partial charge < -0.3 is 9.84 Å². The molecule has 0 radical (unpaired) electrons. The standard InChI is InChI=1S/C14H13NO3/c1-18-13-6-4-11(5-7-13)14(17,10-16)12-3-2-8-15-9-12/h2-10,17H,1H3. The summed E-state index contributed by atoms with van der Waals surface area (Å²) in [5.41, 5.74) is -0.767. The lowest BCUT2D eigenvalue weighted by Gasteiger charge is -2.22. The Morgan fingerprint density at radius 1 is 1.22 bits per heavy atom. The maximum Gasteiger partial charge on any atom is 0.171 e. The Kier molecular flexibility index (Phi) is 3.39. The molecular weight excluding hydrogens is 230 g/mol. The predicted molar refractivity (Wildman–Crippen MR) is 66.3 cm³/mol. The van der Waals surface area contributed by atoms with Crippen molar-refractivity contribution in [1.29, 1.82) is 0 Å². The van der Waals surface area contributed by atoms with E-state index in [0.29, 0.717) is 23.2 Å². The fourth-order valence-corrected chi connectivity index (χ4v) is 1.74. The highest BCUT2D eigenvalue weighted by molar-refractivity contribution is 5.72. The van der Waals surface area contributed by atoms with Gasteiger partial charge in [0.25, 0.3) is 0 Å². The number of pyridine rings is 1. The van der Waals surface area contributed by atoms with Crippen LogP contribution in [0.25, 0.3) is 0 Å². The Morgan fingerprint density at radius 2 is 1.94 bits per heavy atom. The van der Waals surface area contributed by atoms with E-state index in [1.807, 2.05) is 0 Å². The van der Waals surface area contributed by atoms with Crippen molar-refractivity contribution in [2.45, 2.75) is 5.60 Å². The fourth-order valence-electron chi connectivity index (χ4n) is 1.74. The van der Waals surface area contributed by atoms with Crippen LogP contribution < -0.4 is 4.74 Å². The number of benzene rings is 1. The molecule has 0 fully saturated rings. The van der Waals surface area contributed by atoms with Gasteiger partial charge in [0.1, 0.15) is 5.75 Å². The van der Waals surface area contributed by atoms with Crippen molar-refractivity contribution in [2.75, 3.05) is 7.11 Å². The van der Waals surface area contributed by atoms with Gasteiger partial charge in [-0.1, -0.05) is 18.2 Å². The molecule has 18 heavy (non-hydrogen) atoms. The van der Waals surface area contributed by atoms with Gasteiger partial charge in [0, 0.05) is 18.0 Å². The second-order valence-corrected chi connectivity index (χ2v) is 3.85. The van der Waals surface area contributed by atoms with Crippen LogP contribution in [0.4, 0.5) is 0 Å². The van der Waals surface area contributed by atoms with Gasteiger partial charge in [0.05, 0.1) is 7.11 Å². The summed E-state index contributed by atoms with van der Waals surface area (Å²) in [6.07, 6.45) is 3.56. The number of hydrogen-bond acceptors (Lipinski definition) is 4. The molecule has 0 aliphatic heterocycles. The van der Waals surface area contributed by atoms with E-state index in [1.54, 1.807) is 49.7 Å². The molecule has 4 heteroatoms. The molecule has 1 heterocycles. The number of aromatic nitrogens is 1. The molecule has 0 aliphatic carbocycles. The first-order valence-corrected chi connectivity index (χ1v) is 5.44. The lowest BCUT2D eigenvalue weighted by Crippen LogP contribution is -2.29. The molecule has 0 amide bonds. The number of hydrogen-bond donors (Lipinski definition) is 1. The Balaban J connectivity index is 2.46. The van der Waals surface area contributed by atoms with Crippen LogP contribution in [0.5, 0.6) is 5.75 Å². The van der Waals surface area contributed by atoms with Crippen LogP contribution in [0.3, 0.4) is 0 Å². The maximum atomic E-state index is 11.3. The van der Waals surface area contributed by atoms with Crippen LogP contribution >= 0.6 is 0 Å². The van der Waals surface area contributed by atoms with Crippen molar-refractivity contribution in [3.63, 3.8) is 0 Å². The minimum atomic E-state index is -1.68. The number of rotatable bonds is 4. The molecule has 1 N–H and O–H groups in total. The zero-order valence-corrected chi connectivity index (χ0v) is 9.91. The van der Waals surface area contributed by atoms with E-state index >= 15 is 0 Å². The number of methoxy groups -OCH3 is 1. The summed E-state index contributed by atoms with van der Waals surface area (Å²) in [7, 11) is 1.56. The topological polar surface area (TPSA) is 59.4 Å². The summed E-state index contributed by atoms with van der Waals surface area (Å²) < 4.78 is 5.04. The molecule has 0 saturated heterocycles. The average molecular weight is 243 g/mol. The largest absolute Gasteiger partial charge is 0.497 e. The summed E-state index contributed by atoms with van der Waals surface area (Å²) in [6.45, 7) is 0. The molecule has 4 nitrogen and oxygen atoms in total. The second kappa shape index (κ2) is 4.98. The zero-order chi connectivity index (χ0) is 13.0. The summed E-state index contributed by atoms with van der Waals surface area (Å²) in [5, 5.41) is 10.5. The number of ether oxygens (including phenoxy) is 1. The lowest BCUT2D eigenvalue weighted by molar-refractivity contribution is -0.121. The number of nitrogens with zero attached hydrogens (tertiary/aromatic N) is 1. The Morgan fingerprint density at radius 3 is 2.44 bits per heavy atom. The fraction of sp³-hybridized carbons (Fsp3) is 0.143. The van der Waals surface area contributed by atoms with Crippen LogP contribution in [0.1, 0.15) is 11.1 Å². The van der Waals surface area contributed by atoms with Crippen LogP contribution in [-0.4, -0.2) is 23.5 Å². The third kappa shape index (κ3) is 2.10. The molecule has 1 atom stereocenters. The molecule has 0 saturated carbocycles. The molecule has 1 aromatic carbocycles. The third-order valence-electron chi connectivity index (χ3n) is 2.80. The van der Waals surface area contributed by atoms with Crippen molar-refractivity contribution < 1.29 is 14.6 Å². The van der Waals surface area contributed by atoms with Gasteiger partial charge in [-0.2, -0.15) is 0 Å². The van der Waals surface area contributed by atoms with Gasteiger partial charge in [-0.15, -0.1) is 0 Å². The van der Waals surface area contributed by atoms with Crippen molar-refractivity contribution in [3.8, 4) is 5.75 Å². The quantitative estimate of drug-likeness (QED) is 0.827. The first kappa shape index (κ1) is 12.3. The van der Waals surface area contributed by atoms with Crippen molar-refractivity contribution in [1.82, 2.24) is 4.98 Å². The van der Waals surface area contributed by atoms with E-state index in [4.69, 9.17) is 4.74 Å². The highest BCUT2D eigenvalue weighted by Gasteiger charge is 2.31. The van der Waals surface area contributed by atoms with Gasteiger partial charge in [-0.3, -0.25) is 9.78 Å². The lowest BCUT2D eigenvalue weighted by atomic mass is 9.89. The van der Waals surface area contributed by atoms with Crippen LogP contribution in [0, 0.1) is 0 Å². The average Bonchev–Trinajstić information content (AvgIpc) is 2.47. The van der Waals surface area contributed by atoms with E-state index in [9.17, 15) is 9.90 Å². The number of carbonyl (C=O) groups excluding carboxylic acids is 1. The Labute approximate surface area is 105 Å². The van der Waals surface area contributed by atoms with Crippen LogP contribution in [0.2, 0.25) is 0 Å². The number of aliphatic hydroxyl groups is 1. The number of aldehydes is 1. The minimum absolute atomic E-state index is 0.435. The SMILES string of the molecule is COc1ccc(C(O)(C=O)c2cccnc2)cc1. The molecule has 92 valence electrons. The van der Waals surface area contributed by atoms with Crippen molar-refractivity contribution >= 4 is 6.29 Å². The highest BCUT2D eigenvalue weighted by Crippen LogP contribution is 2.28. The summed E-state index contributed by atoms with van der Waals surface area (Å²) >= 11 is 0. The summed E-state index contributed by atoms with van der Waals surface area (Å²) in [5.74, 6) is 0.665. The molecule has 0 aliphatic rings. The highest BCUT2D eigenvalue weighted by atomic mass is 16.5. The first-order chi connectivity index (χ1) is 8.70. The van der Waals surface area contributed by atoms with E-state index in [1.165, 1.54) is 6.20 Å². The van der Waals surface area contributed by atoms with Gasteiger partial charge >= 0.3 is 0 Å². The summed E-state index contributed by atoms with van der Waals surface area (Å²) in [4.78, 5) is 15.2. The minimum Gasteiger partial charge on any atom is -0.497 e. The Bertz CT molecular complexity index is 524.